The second kappa shape index (κ2) is 7.49. The number of benzene rings is 2. The van der Waals surface area contributed by atoms with Crippen molar-refractivity contribution < 1.29 is 9.59 Å². The molecule has 2 aromatic rings. The first-order valence-electron chi connectivity index (χ1n) is 7.70. The molecule has 2 N–H and O–H groups in total. The van der Waals surface area contributed by atoms with E-state index in [1.165, 1.54) is 0 Å². The molecule has 0 saturated heterocycles. The summed E-state index contributed by atoms with van der Waals surface area (Å²) < 4.78 is 0. The molecule has 0 saturated carbocycles. The Morgan fingerprint density at radius 2 is 1.54 bits per heavy atom. The molecule has 0 aromatic heterocycles. The van der Waals surface area contributed by atoms with E-state index in [1.807, 2.05) is 12.1 Å². The minimum atomic E-state index is -0.294. The highest BCUT2D eigenvalue weighted by Gasteiger charge is 2.14. The van der Waals surface area contributed by atoms with Crippen molar-refractivity contribution in [3.05, 3.63) is 64.7 Å². The highest BCUT2D eigenvalue weighted by molar-refractivity contribution is 6.30. The number of carbonyl (C=O) groups is 2. The lowest BCUT2D eigenvalue weighted by molar-refractivity contribution is -0.115. The van der Waals surface area contributed by atoms with Gasteiger partial charge in [-0.1, -0.05) is 44.5 Å². The molecule has 0 aliphatic carbocycles. The molecular formula is C19H21ClN2O2. The van der Waals surface area contributed by atoms with Crippen LogP contribution in [0, 0.1) is 0 Å². The molecule has 0 aliphatic heterocycles. The second-order valence-corrected chi connectivity index (χ2v) is 7.00. The first-order chi connectivity index (χ1) is 11.3. The molecule has 2 rings (SSSR count). The van der Waals surface area contributed by atoms with E-state index in [9.17, 15) is 9.59 Å². The maximum atomic E-state index is 12.1. The zero-order valence-electron chi connectivity index (χ0n) is 14.0. The third-order valence-corrected chi connectivity index (χ3v) is 3.80. The van der Waals surface area contributed by atoms with Gasteiger partial charge in [0, 0.05) is 16.3 Å². The van der Waals surface area contributed by atoms with Crippen molar-refractivity contribution >= 4 is 29.1 Å². The van der Waals surface area contributed by atoms with Crippen molar-refractivity contribution in [1.82, 2.24) is 5.32 Å². The quantitative estimate of drug-likeness (QED) is 0.880. The number of anilines is 1. The fraction of sp³-hybridized carbons (Fsp3) is 0.263. The normalized spacial score (nSPS) is 11.0. The molecule has 0 spiro atoms. The van der Waals surface area contributed by atoms with Gasteiger partial charge in [-0.3, -0.25) is 9.59 Å². The summed E-state index contributed by atoms with van der Waals surface area (Å²) in [6.07, 6.45) is 0. The van der Waals surface area contributed by atoms with E-state index in [0.29, 0.717) is 16.3 Å². The molecule has 0 radical (unpaired) electrons. The zero-order valence-corrected chi connectivity index (χ0v) is 14.8. The van der Waals surface area contributed by atoms with Gasteiger partial charge in [0.1, 0.15) is 0 Å². The number of rotatable bonds is 4. The first kappa shape index (κ1) is 18.0. The minimum absolute atomic E-state index is 0.0352. The predicted octanol–water partition coefficient (Wildman–Crippen LogP) is 4.01. The number of nitrogens with one attached hydrogen (secondary N) is 2. The summed E-state index contributed by atoms with van der Waals surface area (Å²) in [4.78, 5) is 24.0. The van der Waals surface area contributed by atoms with E-state index in [-0.39, 0.29) is 23.8 Å². The van der Waals surface area contributed by atoms with Gasteiger partial charge in [-0.15, -0.1) is 0 Å². The number of halogens is 1. The summed E-state index contributed by atoms with van der Waals surface area (Å²) >= 11 is 5.79. The Balaban J connectivity index is 1.88. The third-order valence-electron chi connectivity index (χ3n) is 3.55. The van der Waals surface area contributed by atoms with Crippen LogP contribution >= 0.6 is 11.6 Å². The van der Waals surface area contributed by atoms with Crippen molar-refractivity contribution in [2.24, 2.45) is 0 Å². The maximum Gasteiger partial charge on any atom is 0.251 e. The van der Waals surface area contributed by atoms with Crippen LogP contribution in [0.1, 0.15) is 36.7 Å². The minimum Gasteiger partial charge on any atom is -0.343 e. The number of hydrogen-bond acceptors (Lipinski definition) is 2. The topological polar surface area (TPSA) is 58.2 Å². The molecule has 2 aromatic carbocycles. The van der Waals surface area contributed by atoms with Crippen LogP contribution in [0.4, 0.5) is 5.69 Å². The van der Waals surface area contributed by atoms with Gasteiger partial charge in [-0.2, -0.15) is 0 Å². The van der Waals surface area contributed by atoms with Crippen LogP contribution in [0.25, 0.3) is 0 Å². The highest BCUT2D eigenvalue weighted by atomic mass is 35.5. The largest absolute Gasteiger partial charge is 0.343 e. The Bertz CT molecular complexity index is 717. The summed E-state index contributed by atoms with van der Waals surface area (Å²) in [5.74, 6) is -0.571. The zero-order chi connectivity index (χ0) is 17.7. The van der Waals surface area contributed by atoms with E-state index in [4.69, 9.17) is 11.6 Å². The van der Waals surface area contributed by atoms with Gasteiger partial charge in [0.2, 0.25) is 5.91 Å². The standard InChI is InChI=1S/C19H21ClN2O2/c1-19(2,3)14-6-4-13(5-7-14)18(24)21-12-17(23)22-16-10-8-15(20)9-11-16/h4-11H,12H2,1-3H3,(H,21,24)(H,22,23). The molecule has 0 fully saturated rings. The number of carbonyl (C=O) groups excluding carboxylic acids is 2. The Labute approximate surface area is 147 Å². The van der Waals surface area contributed by atoms with Gasteiger partial charge in [-0.25, -0.2) is 0 Å². The average Bonchev–Trinajstić information content (AvgIpc) is 2.54. The van der Waals surface area contributed by atoms with Crippen LogP contribution in [-0.2, 0) is 10.2 Å². The molecule has 5 heteroatoms. The summed E-state index contributed by atoms with van der Waals surface area (Å²) in [6.45, 7) is 6.25. The maximum absolute atomic E-state index is 12.1. The second-order valence-electron chi connectivity index (χ2n) is 6.57. The highest BCUT2D eigenvalue weighted by Crippen LogP contribution is 2.22. The van der Waals surface area contributed by atoms with Crippen LogP contribution in [0.2, 0.25) is 5.02 Å². The van der Waals surface area contributed by atoms with Gasteiger partial charge in [0.15, 0.2) is 0 Å². The number of amides is 2. The fourth-order valence-corrected chi connectivity index (χ4v) is 2.25. The molecule has 0 atom stereocenters. The fourth-order valence-electron chi connectivity index (χ4n) is 2.12. The van der Waals surface area contributed by atoms with Crippen molar-refractivity contribution in [2.45, 2.75) is 26.2 Å². The Kier molecular flexibility index (Phi) is 5.62. The van der Waals surface area contributed by atoms with E-state index in [0.717, 1.165) is 5.56 Å². The van der Waals surface area contributed by atoms with Gasteiger partial charge in [0.05, 0.1) is 6.54 Å². The molecule has 0 bridgehead atoms. The molecule has 126 valence electrons. The summed E-state index contributed by atoms with van der Waals surface area (Å²) in [5, 5.41) is 5.90. The third kappa shape index (κ3) is 5.10. The summed E-state index contributed by atoms with van der Waals surface area (Å²) in [5.41, 5.74) is 2.35. The van der Waals surface area contributed by atoms with Gasteiger partial charge in [-0.05, 0) is 47.4 Å². The lowest BCUT2D eigenvalue weighted by atomic mass is 9.87. The van der Waals surface area contributed by atoms with E-state index < -0.39 is 0 Å². The van der Waals surface area contributed by atoms with Crippen molar-refractivity contribution in [2.75, 3.05) is 11.9 Å². The predicted molar refractivity (Wildman–Crippen MR) is 97.6 cm³/mol. The lowest BCUT2D eigenvalue weighted by Crippen LogP contribution is -2.32. The van der Waals surface area contributed by atoms with E-state index in [1.54, 1.807) is 36.4 Å². The molecule has 2 amide bonds. The van der Waals surface area contributed by atoms with Crippen LogP contribution in [0.5, 0.6) is 0 Å². The van der Waals surface area contributed by atoms with E-state index in [2.05, 4.69) is 31.4 Å². The van der Waals surface area contributed by atoms with Gasteiger partial charge in [0.25, 0.3) is 5.91 Å². The van der Waals surface area contributed by atoms with Crippen LogP contribution < -0.4 is 10.6 Å². The molecule has 4 nitrogen and oxygen atoms in total. The summed E-state index contributed by atoms with van der Waals surface area (Å²) in [7, 11) is 0. The van der Waals surface area contributed by atoms with Gasteiger partial charge < -0.3 is 10.6 Å². The molecule has 24 heavy (non-hydrogen) atoms. The van der Waals surface area contributed by atoms with Crippen LogP contribution in [0.15, 0.2) is 48.5 Å². The van der Waals surface area contributed by atoms with Crippen LogP contribution in [-0.4, -0.2) is 18.4 Å². The van der Waals surface area contributed by atoms with Crippen LogP contribution in [0.3, 0.4) is 0 Å². The van der Waals surface area contributed by atoms with Gasteiger partial charge >= 0.3 is 0 Å². The van der Waals surface area contributed by atoms with Crippen molar-refractivity contribution in [3.8, 4) is 0 Å². The van der Waals surface area contributed by atoms with Crippen molar-refractivity contribution in [1.29, 1.82) is 0 Å². The molecule has 0 unspecified atom stereocenters. The monoisotopic (exact) mass is 344 g/mol. The Morgan fingerprint density at radius 3 is 2.08 bits per heavy atom. The van der Waals surface area contributed by atoms with Crippen molar-refractivity contribution in [3.63, 3.8) is 0 Å². The SMILES string of the molecule is CC(C)(C)c1ccc(C(=O)NCC(=O)Nc2ccc(Cl)cc2)cc1. The molecular weight excluding hydrogens is 324 g/mol. The first-order valence-corrected chi connectivity index (χ1v) is 8.08. The Morgan fingerprint density at radius 1 is 0.958 bits per heavy atom. The average molecular weight is 345 g/mol. The smallest absolute Gasteiger partial charge is 0.251 e. The number of hydrogen-bond donors (Lipinski definition) is 2. The van der Waals surface area contributed by atoms with E-state index >= 15 is 0 Å². The molecule has 0 aliphatic rings. The summed E-state index contributed by atoms with van der Waals surface area (Å²) in [6, 6.07) is 14.2. The molecule has 0 heterocycles. The Hall–Kier alpha value is -2.33. The lowest BCUT2D eigenvalue weighted by Gasteiger charge is -2.19.